The fourth-order valence-corrected chi connectivity index (χ4v) is 1.85. The van der Waals surface area contributed by atoms with Crippen molar-refractivity contribution in [3.63, 3.8) is 0 Å². The van der Waals surface area contributed by atoms with Crippen molar-refractivity contribution in [3.8, 4) is 0 Å². The Balaban J connectivity index is 2.96. The Morgan fingerprint density at radius 2 is 2.17 bits per heavy atom. The van der Waals surface area contributed by atoms with Gasteiger partial charge in [-0.3, -0.25) is 4.79 Å². The van der Waals surface area contributed by atoms with Crippen LogP contribution in [0.3, 0.4) is 0 Å². The van der Waals surface area contributed by atoms with Crippen LogP contribution in [0, 0.1) is 0 Å². The van der Waals surface area contributed by atoms with Crippen LogP contribution in [0.15, 0.2) is 17.1 Å². The molecule has 100 valence electrons. The summed E-state index contributed by atoms with van der Waals surface area (Å²) in [6.07, 6.45) is 4.12. The number of nitrogens with one attached hydrogen (secondary N) is 1. The maximum Gasteiger partial charge on any atom is 0.250 e. The van der Waals surface area contributed by atoms with Crippen molar-refractivity contribution in [3.05, 3.63) is 28.2 Å². The maximum absolute atomic E-state index is 11.7. The van der Waals surface area contributed by atoms with E-state index in [1.807, 2.05) is 25.2 Å². The lowest BCUT2D eigenvalue weighted by Crippen LogP contribution is -2.28. The molecule has 0 radical (unpaired) electrons. The molecule has 1 rings (SSSR count). The van der Waals surface area contributed by atoms with E-state index in [0.717, 1.165) is 17.5 Å². The highest BCUT2D eigenvalue weighted by atomic mass is 16.1. The number of likely N-dealkylation sites (N-methyl/N-ethyl adjacent to an activating group) is 1. The highest BCUT2D eigenvalue weighted by Gasteiger charge is 2.10. The molecule has 18 heavy (non-hydrogen) atoms. The molecule has 5 nitrogen and oxygen atoms in total. The van der Waals surface area contributed by atoms with E-state index in [1.54, 1.807) is 24.7 Å². The molecule has 0 aliphatic carbocycles. The molecule has 0 saturated carbocycles. The third kappa shape index (κ3) is 3.43. The van der Waals surface area contributed by atoms with Crippen molar-refractivity contribution < 1.29 is 4.79 Å². The lowest BCUT2D eigenvalue weighted by atomic mass is 10.1. The van der Waals surface area contributed by atoms with E-state index < -0.39 is 0 Å². The van der Waals surface area contributed by atoms with Gasteiger partial charge in [-0.25, -0.2) is 0 Å². The van der Waals surface area contributed by atoms with Gasteiger partial charge in [0.05, 0.1) is 11.7 Å². The van der Waals surface area contributed by atoms with Gasteiger partial charge in [0.25, 0.3) is 5.56 Å². The van der Waals surface area contributed by atoms with Gasteiger partial charge in [0.2, 0.25) is 0 Å². The predicted octanol–water partition coefficient (Wildman–Crippen LogP) is 0.171. The zero-order valence-corrected chi connectivity index (χ0v) is 11.4. The molecule has 0 aliphatic rings. The van der Waals surface area contributed by atoms with Gasteiger partial charge >= 0.3 is 0 Å². The molecule has 1 N–H and O–H groups in total. The smallest absolute Gasteiger partial charge is 0.250 e. The number of carbonyl (C=O) groups excluding carboxylic acids is 1. The summed E-state index contributed by atoms with van der Waals surface area (Å²) in [6, 6.07) is 1.48. The van der Waals surface area contributed by atoms with Crippen molar-refractivity contribution >= 4 is 12.0 Å². The number of nitrogens with zero attached hydrogens (tertiary/aromatic N) is 2. The molecule has 0 spiro atoms. The summed E-state index contributed by atoms with van der Waals surface area (Å²) in [7, 11) is 7.38. The van der Waals surface area contributed by atoms with Crippen LogP contribution >= 0.6 is 0 Å². The van der Waals surface area contributed by atoms with E-state index in [0.29, 0.717) is 12.8 Å². The number of hydrogen-bond donors (Lipinski definition) is 1. The third-order valence-electron chi connectivity index (χ3n) is 3.03. The summed E-state index contributed by atoms with van der Waals surface area (Å²) in [4.78, 5) is 24.4. The lowest BCUT2D eigenvalue weighted by molar-refractivity contribution is -0.109. The van der Waals surface area contributed by atoms with Gasteiger partial charge in [-0.1, -0.05) is 0 Å². The topological polar surface area (TPSA) is 54.3 Å². The van der Waals surface area contributed by atoms with Gasteiger partial charge in [0.1, 0.15) is 6.29 Å². The van der Waals surface area contributed by atoms with E-state index in [-0.39, 0.29) is 11.6 Å². The van der Waals surface area contributed by atoms with E-state index in [9.17, 15) is 9.59 Å². The zero-order valence-electron chi connectivity index (χ0n) is 11.4. The summed E-state index contributed by atoms with van der Waals surface area (Å²) in [5, 5.41) is 2.93. The first-order chi connectivity index (χ1) is 8.49. The maximum atomic E-state index is 11.7. The second-order valence-corrected chi connectivity index (χ2v) is 4.60. The van der Waals surface area contributed by atoms with Gasteiger partial charge in [-0.15, -0.1) is 0 Å². The lowest BCUT2D eigenvalue weighted by Gasteiger charge is -2.19. The van der Waals surface area contributed by atoms with Crippen LogP contribution in [-0.4, -0.2) is 38.0 Å². The standard InChI is InChI=1S/C13H21N3O2/c1-14-11(9-17)6-5-10-7-13(18)16(4)8-12(10)15(2)3/h7-9,11,14H,5-6H2,1-4H3. The Kier molecular flexibility index (Phi) is 5.09. The van der Waals surface area contributed by atoms with Gasteiger partial charge in [0.15, 0.2) is 0 Å². The van der Waals surface area contributed by atoms with Crippen molar-refractivity contribution in [2.24, 2.45) is 7.05 Å². The molecule has 1 aromatic rings. The van der Waals surface area contributed by atoms with Crippen LogP contribution in [0.2, 0.25) is 0 Å². The van der Waals surface area contributed by atoms with Crippen LogP contribution in [-0.2, 0) is 18.3 Å². The molecule has 0 aliphatic heterocycles. The van der Waals surface area contributed by atoms with E-state index in [4.69, 9.17) is 0 Å². The number of pyridine rings is 1. The number of aldehydes is 1. The average molecular weight is 251 g/mol. The Hall–Kier alpha value is -1.62. The minimum absolute atomic E-state index is 0.0253. The Labute approximate surface area is 107 Å². The number of rotatable bonds is 6. The minimum atomic E-state index is -0.163. The van der Waals surface area contributed by atoms with Crippen molar-refractivity contribution in [1.29, 1.82) is 0 Å². The summed E-state index contributed by atoms with van der Waals surface area (Å²) in [6.45, 7) is 0. The van der Waals surface area contributed by atoms with Crippen LogP contribution in [0.25, 0.3) is 0 Å². The largest absolute Gasteiger partial charge is 0.376 e. The number of aromatic nitrogens is 1. The molecule has 1 unspecified atom stereocenters. The summed E-state index contributed by atoms with van der Waals surface area (Å²) >= 11 is 0. The molecule has 0 fully saturated rings. The highest BCUT2D eigenvalue weighted by Crippen LogP contribution is 2.17. The molecule has 0 saturated heterocycles. The molecule has 0 amide bonds. The third-order valence-corrected chi connectivity index (χ3v) is 3.03. The van der Waals surface area contributed by atoms with Gasteiger partial charge in [0, 0.05) is 33.4 Å². The van der Waals surface area contributed by atoms with Crippen molar-refractivity contribution in [2.75, 3.05) is 26.0 Å². The molecule has 0 aromatic carbocycles. The average Bonchev–Trinajstić information content (AvgIpc) is 2.34. The summed E-state index contributed by atoms with van der Waals surface area (Å²) in [5.74, 6) is 0. The van der Waals surface area contributed by atoms with Gasteiger partial charge < -0.3 is 19.6 Å². The van der Waals surface area contributed by atoms with E-state index in [2.05, 4.69) is 5.32 Å². The Morgan fingerprint density at radius 3 is 2.67 bits per heavy atom. The molecule has 0 bridgehead atoms. The predicted molar refractivity (Wildman–Crippen MR) is 73.2 cm³/mol. The van der Waals surface area contributed by atoms with Gasteiger partial charge in [-0.2, -0.15) is 0 Å². The molecule has 1 aromatic heterocycles. The molecular formula is C13H21N3O2. The second-order valence-electron chi connectivity index (χ2n) is 4.60. The quantitative estimate of drug-likeness (QED) is 0.732. The fourth-order valence-electron chi connectivity index (χ4n) is 1.85. The first-order valence-electron chi connectivity index (χ1n) is 5.99. The molecule has 1 atom stereocenters. The number of hydrogen-bond acceptors (Lipinski definition) is 4. The number of anilines is 1. The molecule has 1 heterocycles. The molecule has 5 heteroatoms. The van der Waals surface area contributed by atoms with Crippen LogP contribution in [0.1, 0.15) is 12.0 Å². The van der Waals surface area contributed by atoms with Crippen LogP contribution in [0.5, 0.6) is 0 Å². The zero-order chi connectivity index (χ0) is 13.7. The summed E-state index contributed by atoms with van der Waals surface area (Å²) < 4.78 is 1.56. The normalized spacial score (nSPS) is 12.2. The van der Waals surface area contributed by atoms with E-state index >= 15 is 0 Å². The summed E-state index contributed by atoms with van der Waals surface area (Å²) in [5.41, 5.74) is 1.96. The minimum Gasteiger partial charge on any atom is -0.376 e. The van der Waals surface area contributed by atoms with Crippen molar-refractivity contribution in [1.82, 2.24) is 9.88 Å². The second kappa shape index (κ2) is 6.35. The molecular weight excluding hydrogens is 230 g/mol. The Morgan fingerprint density at radius 1 is 1.50 bits per heavy atom. The highest BCUT2D eigenvalue weighted by molar-refractivity contribution is 5.58. The first-order valence-corrected chi connectivity index (χ1v) is 5.99. The van der Waals surface area contributed by atoms with E-state index in [1.165, 1.54) is 0 Å². The van der Waals surface area contributed by atoms with Crippen LogP contribution in [0.4, 0.5) is 5.69 Å². The van der Waals surface area contributed by atoms with Gasteiger partial charge in [-0.05, 0) is 25.5 Å². The first kappa shape index (κ1) is 14.4. The monoisotopic (exact) mass is 251 g/mol. The number of carbonyl (C=O) groups is 1. The van der Waals surface area contributed by atoms with Crippen molar-refractivity contribution in [2.45, 2.75) is 18.9 Å². The number of aryl methyl sites for hydroxylation is 2. The SMILES string of the molecule is CNC(C=O)CCc1cc(=O)n(C)cc1N(C)C. The Bertz CT molecular complexity index is 466. The van der Waals surface area contributed by atoms with Crippen LogP contribution < -0.4 is 15.8 Å². The fraction of sp³-hybridized carbons (Fsp3) is 0.538.